The predicted molar refractivity (Wildman–Crippen MR) is 71.3 cm³/mol. The number of aliphatic carboxylic acids is 1. The molecule has 7 heteroatoms. The monoisotopic (exact) mass is 275 g/mol. The number of amides is 1. The number of hydrogen-bond donors (Lipinski definition) is 3. The van der Waals surface area contributed by atoms with Crippen molar-refractivity contribution in [1.82, 2.24) is 15.5 Å². The van der Waals surface area contributed by atoms with Gasteiger partial charge in [-0.1, -0.05) is 18.2 Å². The van der Waals surface area contributed by atoms with Gasteiger partial charge in [0, 0.05) is 5.39 Å². The molecule has 7 nitrogen and oxygen atoms in total. The average Bonchev–Trinajstić information content (AvgIpc) is 2.42. The highest BCUT2D eigenvalue weighted by Crippen LogP contribution is 2.12. The lowest BCUT2D eigenvalue weighted by molar-refractivity contribution is -0.141. The van der Waals surface area contributed by atoms with E-state index < -0.39 is 17.9 Å². The molecule has 2 aromatic rings. The van der Waals surface area contributed by atoms with Crippen molar-refractivity contribution >= 4 is 22.6 Å². The van der Waals surface area contributed by atoms with Gasteiger partial charge in [-0.25, -0.2) is 5.10 Å². The number of rotatable bonds is 4. The number of nitrogens with zero attached hydrogens (tertiary/aromatic N) is 1. The maximum atomic E-state index is 11.7. The first-order valence-electron chi connectivity index (χ1n) is 5.97. The normalized spacial score (nSPS) is 12.1. The van der Waals surface area contributed by atoms with Crippen molar-refractivity contribution in [2.24, 2.45) is 0 Å². The van der Waals surface area contributed by atoms with Gasteiger partial charge < -0.3 is 10.4 Å². The van der Waals surface area contributed by atoms with Gasteiger partial charge in [-0.15, -0.1) is 0 Å². The summed E-state index contributed by atoms with van der Waals surface area (Å²) in [6.45, 7) is 1.37. The van der Waals surface area contributed by atoms with E-state index in [1.54, 1.807) is 24.3 Å². The van der Waals surface area contributed by atoms with E-state index in [2.05, 4.69) is 15.5 Å². The van der Waals surface area contributed by atoms with Crippen LogP contribution in [0.3, 0.4) is 0 Å². The summed E-state index contributed by atoms with van der Waals surface area (Å²) in [5.41, 5.74) is 0.0685. The molecule has 0 aliphatic rings. The van der Waals surface area contributed by atoms with E-state index in [1.165, 1.54) is 6.92 Å². The summed E-state index contributed by atoms with van der Waals surface area (Å²) in [6, 6.07) is 5.81. The summed E-state index contributed by atoms with van der Waals surface area (Å²) in [6.07, 6.45) is -0.102. The van der Waals surface area contributed by atoms with Crippen molar-refractivity contribution in [3.05, 3.63) is 40.3 Å². The van der Waals surface area contributed by atoms with Gasteiger partial charge in [-0.2, -0.15) is 5.10 Å². The van der Waals surface area contributed by atoms with E-state index in [0.717, 1.165) is 0 Å². The van der Waals surface area contributed by atoms with Crippen LogP contribution in [0, 0.1) is 0 Å². The Kier molecular flexibility index (Phi) is 3.79. The van der Waals surface area contributed by atoms with Gasteiger partial charge in [0.1, 0.15) is 6.04 Å². The van der Waals surface area contributed by atoms with Crippen molar-refractivity contribution in [3.8, 4) is 0 Å². The van der Waals surface area contributed by atoms with Gasteiger partial charge in [0.2, 0.25) is 5.91 Å². The molecular weight excluding hydrogens is 262 g/mol. The number of aromatic amines is 1. The van der Waals surface area contributed by atoms with Gasteiger partial charge in [0.05, 0.1) is 17.5 Å². The zero-order valence-corrected chi connectivity index (χ0v) is 10.7. The Balaban J connectivity index is 2.26. The Bertz CT molecular complexity index is 723. The highest BCUT2D eigenvalue weighted by molar-refractivity contribution is 5.89. The molecule has 0 saturated carbocycles. The van der Waals surface area contributed by atoms with Crippen molar-refractivity contribution in [2.45, 2.75) is 19.4 Å². The van der Waals surface area contributed by atoms with Crippen molar-refractivity contribution in [2.75, 3.05) is 0 Å². The number of carboxylic acids is 1. The van der Waals surface area contributed by atoms with Crippen LogP contribution in [0.1, 0.15) is 12.6 Å². The van der Waals surface area contributed by atoms with Crippen LogP contribution in [-0.2, 0) is 16.0 Å². The molecule has 0 aliphatic heterocycles. The van der Waals surface area contributed by atoms with E-state index in [0.29, 0.717) is 16.5 Å². The fraction of sp³-hybridized carbons (Fsp3) is 0.231. The number of carbonyl (C=O) groups excluding carboxylic acids is 1. The van der Waals surface area contributed by atoms with Gasteiger partial charge in [-0.3, -0.25) is 14.4 Å². The molecule has 0 radical (unpaired) electrons. The zero-order valence-electron chi connectivity index (χ0n) is 10.7. The van der Waals surface area contributed by atoms with Crippen LogP contribution in [0.15, 0.2) is 29.1 Å². The fourth-order valence-corrected chi connectivity index (χ4v) is 1.81. The molecule has 1 unspecified atom stereocenters. The van der Waals surface area contributed by atoms with Crippen molar-refractivity contribution < 1.29 is 14.7 Å². The molecule has 1 aromatic carbocycles. The summed E-state index contributed by atoms with van der Waals surface area (Å²) >= 11 is 0. The summed E-state index contributed by atoms with van der Waals surface area (Å²) in [4.78, 5) is 34.0. The van der Waals surface area contributed by atoms with E-state index in [-0.39, 0.29) is 12.0 Å². The first-order chi connectivity index (χ1) is 9.49. The molecular formula is C13H13N3O4. The molecule has 1 atom stereocenters. The SMILES string of the molecule is CC(NC(=O)Cc1n[nH]c(=O)c2ccccc12)C(=O)O. The largest absolute Gasteiger partial charge is 0.480 e. The third kappa shape index (κ3) is 2.82. The second-order valence-corrected chi connectivity index (χ2v) is 4.35. The second-order valence-electron chi connectivity index (χ2n) is 4.35. The molecule has 0 fully saturated rings. The first-order valence-corrected chi connectivity index (χ1v) is 5.97. The number of carbonyl (C=O) groups is 2. The average molecular weight is 275 g/mol. The lowest BCUT2D eigenvalue weighted by Gasteiger charge is -2.09. The van der Waals surface area contributed by atoms with Crippen LogP contribution < -0.4 is 10.9 Å². The molecule has 20 heavy (non-hydrogen) atoms. The van der Waals surface area contributed by atoms with Crippen LogP contribution >= 0.6 is 0 Å². The summed E-state index contributed by atoms with van der Waals surface area (Å²) in [5, 5.41) is 18.3. The van der Waals surface area contributed by atoms with Gasteiger partial charge in [0.15, 0.2) is 0 Å². The topological polar surface area (TPSA) is 112 Å². The standard InChI is InChI=1S/C13H13N3O4/c1-7(13(19)20)14-11(17)6-10-8-4-2-3-5-9(8)12(18)16-15-10/h2-5,7H,6H2,1H3,(H,14,17)(H,16,18)(H,19,20). The number of carboxylic acid groups (broad SMARTS) is 1. The van der Waals surface area contributed by atoms with Gasteiger partial charge >= 0.3 is 5.97 Å². The maximum Gasteiger partial charge on any atom is 0.325 e. The minimum absolute atomic E-state index is 0.102. The van der Waals surface area contributed by atoms with E-state index in [9.17, 15) is 14.4 Å². The van der Waals surface area contributed by atoms with Crippen LogP contribution in [-0.4, -0.2) is 33.2 Å². The molecule has 0 spiro atoms. The maximum absolute atomic E-state index is 11.7. The number of nitrogens with one attached hydrogen (secondary N) is 2. The quantitative estimate of drug-likeness (QED) is 0.730. The van der Waals surface area contributed by atoms with Crippen LogP contribution in [0.2, 0.25) is 0 Å². The van der Waals surface area contributed by atoms with Gasteiger partial charge in [0.25, 0.3) is 5.56 Å². The number of hydrogen-bond acceptors (Lipinski definition) is 4. The minimum Gasteiger partial charge on any atom is -0.480 e. The summed E-state index contributed by atoms with van der Waals surface area (Å²) < 4.78 is 0. The molecule has 3 N–H and O–H groups in total. The molecule has 0 saturated heterocycles. The fourth-order valence-electron chi connectivity index (χ4n) is 1.81. The van der Waals surface area contributed by atoms with E-state index in [1.807, 2.05) is 0 Å². The Labute approximate surface area is 113 Å². The Morgan fingerprint density at radius 2 is 2.00 bits per heavy atom. The number of fused-ring (bicyclic) bond motifs is 1. The lowest BCUT2D eigenvalue weighted by Crippen LogP contribution is -2.39. The molecule has 0 aliphatic carbocycles. The second kappa shape index (κ2) is 5.52. The molecule has 1 heterocycles. The van der Waals surface area contributed by atoms with Crippen LogP contribution in [0.4, 0.5) is 0 Å². The van der Waals surface area contributed by atoms with E-state index in [4.69, 9.17) is 5.11 Å². The Morgan fingerprint density at radius 3 is 2.65 bits per heavy atom. The lowest BCUT2D eigenvalue weighted by atomic mass is 10.1. The highest BCUT2D eigenvalue weighted by Gasteiger charge is 2.16. The molecule has 1 amide bonds. The molecule has 2 rings (SSSR count). The van der Waals surface area contributed by atoms with E-state index >= 15 is 0 Å². The molecule has 1 aromatic heterocycles. The third-order valence-corrected chi connectivity index (χ3v) is 2.85. The van der Waals surface area contributed by atoms with Crippen LogP contribution in [0.5, 0.6) is 0 Å². The number of H-pyrrole nitrogens is 1. The highest BCUT2D eigenvalue weighted by atomic mass is 16.4. The summed E-state index contributed by atoms with van der Waals surface area (Å²) in [5.74, 6) is -1.58. The van der Waals surface area contributed by atoms with Crippen molar-refractivity contribution in [3.63, 3.8) is 0 Å². The summed E-state index contributed by atoms with van der Waals surface area (Å²) in [7, 11) is 0. The first kappa shape index (κ1) is 13.7. The van der Waals surface area contributed by atoms with Crippen molar-refractivity contribution in [1.29, 1.82) is 0 Å². The minimum atomic E-state index is -1.11. The smallest absolute Gasteiger partial charge is 0.325 e. The third-order valence-electron chi connectivity index (χ3n) is 2.85. The molecule has 0 bridgehead atoms. The predicted octanol–water partition coefficient (Wildman–Crippen LogP) is 0.0549. The van der Waals surface area contributed by atoms with Crippen LogP contribution in [0.25, 0.3) is 10.8 Å². The number of aromatic nitrogens is 2. The number of benzene rings is 1. The molecule has 104 valence electrons. The zero-order chi connectivity index (χ0) is 14.7. The van der Waals surface area contributed by atoms with Gasteiger partial charge in [-0.05, 0) is 13.0 Å². The Morgan fingerprint density at radius 1 is 1.35 bits per heavy atom. The Hall–Kier alpha value is -2.70.